The number of hydrogen-bond acceptors (Lipinski definition) is 4. The van der Waals surface area contributed by atoms with E-state index in [9.17, 15) is 0 Å². The molecule has 2 N–H and O–H groups in total. The van der Waals surface area contributed by atoms with Crippen LogP contribution >= 0.6 is 0 Å². The summed E-state index contributed by atoms with van der Waals surface area (Å²) in [6.45, 7) is 7.04. The van der Waals surface area contributed by atoms with Gasteiger partial charge < -0.3 is 20.3 Å². The Morgan fingerprint density at radius 3 is 2.68 bits per heavy atom. The van der Waals surface area contributed by atoms with Gasteiger partial charge in [-0.15, -0.1) is 0 Å². The van der Waals surface area contributed by atoms with Gasteiger partial charge in [-0.1, -0.05) is 12.5 Å². The highest BCUT2D eigenvalue weighted by Gasteiger charge is 2.59. The zero-order valence-electron chi connectivity index (χ0n) is 17.6. The van der Waals surface area contributed by atoms with Gasteiger partial charge in [0.2, 0.25) is 0 Å². The van der Waals surface area contributed by atoms with Gasteiger partial charge in [0.25, 0.3) is 0 Å². The van der Waals surface area contributed by atoms with Gasteiger partial charge in [-0.25, -0.2) is 4.98 Å². The zero-order chi connectivity index (χ0) is 19.6. The van der Waals surface area contributed by atoms with E-state index in [2.05, 4.69) is 57.6 Å². The summed E-state index contributed by atoms with van der Waals surface area (Å²) in [6, 6.07) is 7.23. The molecule has 2 aliphatic carbocycles. The number of piperidine rings is 1. The predicted molar refractivity (Wildman–Crippen MR) is 114 cm³/mol. The molecule has 154 valence electrons. The van der Waals surface area contributed by atoms with Gasteiger partial charge in [0, 0.05) is 49.9 Å². The average Bonchev–Trinajstić information content (AvgIpc) is 2.65. The van der Waals surface area contributed by atoms with Crippen LogP contribution in [0.4, 0.5) is 5.82 Å². The first-order chi connectivity index (χ1) is 13.6. The number of rotatable bonds is 5. The third-order valence-corrected chi connectivity index (χ3v) is 7.01. The van der Waals surface area contributed by atoms with E-state index in [0.717, 1.165) is 56.4 Å². The maximum atomic E-state index is 5.98. The van der Waals surface area contributed by atoms with E-state index in [1.165, 1.54) is 19.3 Å². The molecule has 2 atom stereocenters. The van der Waals surface area contributed by atoms with Crippen molar-refractivity contribution in [2.24, 2.45) is 10.4 Å². The zero-order valence-corrected chi connectivity index (χ0v) is 17.6. The first kappa shape index (κ1) is 19.5. The summed E-state index contributed by atoms with van der Waals surface area (Å²) >= 11 is 0. The van der Waals surface area contributed by atoms with Crippen molar-refractivity contribution in [1.29, 1.82) is 0 Å². The Kier molecular flexibility index (Phi) is 5.76. The molecule has 0 bridgehead atoms. The molecule has 3 aliphatic rings. The molecule has 0 amide bonds. The van der Waals surface area contributed by atoms with Crippen LogP contribution in [0, 0.1) is 12.3 Å². The minimum absolute atomic E-state index is 0.355. The van der Waals surface area contributed by atoms with Crippen molar-refractivity contribution < 1.29 is 4.74 Å². The number of aliphatic imine (C=N–C) groups is 1. The van der Waals surface area contributed by atoms with E-state index in [-0.39, 0.29) is 0 Å². The third-order valence-electron chi connectivity index (χ3n) is 7.01. The lowest BCUT2D eigenvalue weighted by Crippen LogP contribution is -2.69. The molecular weight excluding hydrogens is 350 g/mol. The van der Waals surface area contributed by atoms with Crippen molar-refractivity contribution in [3.63, 3.8) is 0 Å². The smallest absolute Gasteiger partial charge is 0.191 e. The lowest BCUT2D eigenvalue weighted by Gasteiger charge is -2.61. The molecule has 6 heteroatoms. The lowest BCUT2D eigenvalue weighted by molar-refractivity contribution is -0.168. The predicted octanol–water partition coefficient (Wildman–Crippen LogP) is 2.87. The Morgan fingerprint density at radius 2 is 2.07 bits per heavy atom. The first-order valence-electron chi connectivity index (χ1n) is 10.9. The molecule has 1 aromatic rings. The van der Waals surface area contributed by atoms with Crippen LogP contribution in [-0.4, -0.2) is 55.9 Å². The summed E-state index contributed by atoms with van der Waals surface area (Å²) in [4.78, 5) is 11.6. The number of nitrogens with zero attached hydrogens (tertiary/aromatic N) is 3. The van der Waals surface area contributed by atoms with Gasteiger partial charge in [0.15, 0.2) is 5.96 Å². The van der Waals surface area contributed by atoms with Crippen molar-refractivity contribution >= 4 is 11.8 Å². The summed E-state index contributed by atoms with van der Waals surface area (Å²) in [5, 5.41) is 7.39. The molecule has 1 saturated heterocycles. The molecule has 1 aliphatic heterocycles. The summed E-state index contributed by atoms with van der Waals surface area (Å²) in [5.41, 5.74) is 1.44. The van der Waals surface area contributed by atoms with Crippen molar-refractivity contribution in [1.82, 2.24) is 15.6 Å². The minimum Gasteiger partial charge on any atom is -0.378 e. The molecule has 0 aromatic carbocycles. The first-order valence-corrected chi connectivity index (χ1v) is 10.9. The number of nitrogens with one attached hydrogen (secondary N) is 2. The second-order valence-electron chi connectivity index (χ2n) is 8.58. The van der Waals surface area contributed by atoms with Gasteiger partial charge in [-0.2, -0.15) is 0 Å². The fourth-order valence-electron chi connectivity index (χ4n) is 5.13. The fraction of sp³-hybridized carbons (Fsp3) is 0.727. The highest BCUT2D eigenvalue weighted by molar-refractivity contribution is 5.80. The molecule has 1 spiro atoms. The number of aryl methyl sites for hydroxylation is 1. The second-order valence-corrected chi connectivity index (χ2v) is 8.58. The van der Waals surface area contributed by atoms with Crippen molar-refractivity contribution in [2.45, 2.75) is 70.6 Å². The van der Waals surface area contributed by atoms with Crippen LogP contribution in [0.3, 0.4) is 0 Å². The van der Waals surface area contributed by atoms with Crippen LogP contribution in [-0.2, 0) is 4.74 Å². The number of aromatic nitrogens is 1. The van der Waals surface area contributed by atoms with Crippen LogP contribution < -0.4 is 15.5 Å². The number of pyridine rings is 1. The van der Waals surface area contributed by atoms with Crippen LogP contribution in [0.5, 0.6) is 0 Å². The van der Waals surface area contributed by atoms with Gasteiger partial charge in [0.1, 0.15) is 5.82 Å². The largest absolute Gasteiger partial charge is 0.378 e. The topological polar surface area (TPSA) is 61.8 Å². The van der Waals surface area contributed by atoms with Crippen molar-refractivity contribution in [2.75, 3.05) is 31.6 Å². The van der Waals surface area contributed by atoms with Gasteiger partial charge >= 0.3 is 0 Å². The van der Waals surface area contributed by atoms with Crippen LogP contribution in [0.2, 0.25) is 0 Å². The maximum absolute atomic E-state index is 5.98. The number of guanidine groups is 1. The van der Waals surface area contributed by atoms with E-state index in [1.807, 2.05) is 7.05 Å². The quantitative estimate of drug-likeness (QED) is 0.603. The van der Waals surface area contributed by atoms with E-state index in [0.29, 0.717) is 23.6 Å². The average molecular weight is 386 g/mol. The Hall–Kier alpha value is -1.82. The van der Waals surface area contributed by atoms with Crippen LogP contribution in [0.25, 0.3) is 0 Å². The normalized spacial score (nSPS) is 27.2. The highest BCUT2D eigenvalue weighted by Crippen LogP contribution is 2.57. The highest BCUT2D eigenvalue weighted by atomic mass is 16.5. The Labute approximate surface area is 169 Å². The fourth-order valence-corrected chi connectivity index (χ4v) is 5.13. The van der Waals surface area contributed by atoms with E-state index >= 15 is 0 Å². The van der Waals surface area contributed by atoms with Gasteiger partial charge in [-0.05, 0) is 58.1 Å². The summed E-state index contributed by atoms with van der Waals surface area (Å²) in [7, 11) is 1.88. The Bertz CT molecular complexity index is 694. The van der Waals surface area contributed by atoms with Crippen molar-refractivity contribution in [3.05, 3.63) is 23.9 Å². The standard InChI is InChI=1S/C22H35N5O/c1-4-28-19-15-18(22(19)11-6-12-22)26-21(23-3)25-17-9-13-27(14-10-17)20-8-5-7-16(2)24-20/h5,7-8,17-19H,4,6,9-15H2,1-3H3,(H2,23,25,26). The third kappa shape index (κ3) is 3.71. The summed E-state index contributed by atoms with van der Waals surface area (Å²) in [5.74, 6) is 2.06. The van der Waals surface area contributed by atoms with E-state index in [1.54, 1.807) is 0 Å². The molecule has 4 rings (SSSR count). The summed E-state index contributed by atoms with van der Waals surface area (Å²) < 4.78 is 5.98. The molecule has 0 radical (unpaired) electrons. The SMILES string of the molecule is CCOC1CC(NC(=NC)NC2CCN(c3cccc(C)n3)CC2)C12CCC2. The molecule has 3 fully saturated rings. The molecule has 28 heavy (non-hydrogen) atoms. The molecule has 2 saturated carbocycles. The molecule has 6 nitrogen and oxygen atoms in total. The maximum Gasteiger partial charge on any atom is 0.191 e. The Morgan fingerprint density at radius 1 is 1.29 bits per heavy atom. The van der Waals surface area contributed by atoms with E-state index < -0.39 is 0 Å². The molecule has 2 unspecified atom stereocenters. The minimum atomic E-state index is 0.355. The number of ether oxygens (including phenoxy) is 1. The van der Waals surface area contributed by atoms with E-state index in [4.69, 9.17) is 4.74 Å². The summed E-state index contributed by atoms with van der Waals surface area (Å²) in [6.07, 6.45) is 7.65. The van der Waals surface area contributed by atoms with Gasteiger partial charge in [-0.3, -0.25) is 4.99 Å². The monoisotopic (exact) mass is 385 g/mol. The molecule has 1 aromatic heterocycles. The second kappa shape index (κ2) is 8.27. The van der Waals surface area contributed by atoms with Crippen LogP contribution in [0.1, 0.15) is 51.1 Å². The lowest BCUT2D eigenvalue weighted by atomic mass is 9.51. The molecular formula is C22H35N5O. The number of anilines is 1. The molecule has 2 heterocycles. The van der Waals surface area contributed by atoms with Crippen LogP contribution in [0.15, 0.2) is 23.2 Å². The Balaban J connectivity index is 1.27. The van der Waals surface area contributed by atoms with Crippen molar-refractivity contribution in [3.8, 4) is 0 Å². The van der Waals surface area contributed by atoms with Gasteiger partial charge in [0.05, 0.1) is 6.10 Å². The number of hydrogen-bond donors (Lipinski definition) is 2.